The van der Waals surface area contributed by atoms with E-state index >= 15 is 0 Å². The average molecular weight is 286 g/mol. The Labute approximate surface area is 106 Å². The summed E-state index contributed by atoms with van der Waals surface area (Å²) in [5.74, 6) is 0. The van der Waals surface area contributed by atoms with E-state index < -0.39 is 6.10 Å². The summed E-state index contributed by atoms with van der Waals surface area (Å²) in [6.45, 7) is 7.01. The van der Waals surface area contributed by atoms with Crippen LogP contribution in [-0.2, 0) is 5.41 Å². The van der Waals surface area contributed by atoms with Crippen LogP contribution in [0.5, 0.6) is 0 Å². The van der Waals surface area contributed by atoms with Crippen molar-refractivity contribution in [2.45, 2.75) is 38.7 Å². The summed E-state index contributed by atoms with van der Waals surface area (Å²) in [5, 5.41) is 9.84. The summed E-state index contributed by atoms with van der Waals surface area (Å²) in [7, 11) is 0. The van der Waals surface area contributed by atoms with Crippen molar-refractivity contribution in [1.29, 1.82) is 0 Å². The van der Waals surface area contributed by atoms with Crippen molar-refractivity contribution in [1.82, 2.24) is 0 Å². The summed E-state index contributed by atoms with van der Waals surface area (Å²) in [5.41, 5.74) is 7.71. The van der Waals surface area contributed by atoms with Crippen LogP contribution in [0.4, 0.5) is 0 Å². The number of hydrogen-bond acceptors (Lipinski definition) is 2. The van der Waals surface area contributed by atoms with E-state index in [-0.39, 0.29) is 5.41 Å². The number of nitrogens with two attached hydrogens (primary N) is 1. The lowest BCUT2D eigenvalue weighted by Gasteiger charge is -2.22. The van der Waals surface area contributed by atoms with Crippen molar-refractivity contribution in [3.63, 3.8) is 0 Å². The molecule has 0 aromatic heterocycles. The molecule has 0 bridgehead atoms. The lowest BCUT2D eigenvalue weighted by molar-refractivity contribution is 0.170. The van der Waals surface area contributed by atoms with Gasteiger partial charge in [-0.05, 0) is 35.6 Å². The second-order valence-corrected chi connectivity index (χ2v) is 5.94. The van der Waals surface area contributed by atoms with Crippen molar-refractivity contribution in [3.05, 3.63) is 33.8 Å². The first kappa shape index (κ1) is 13.7. The van der Waals surface area contributed by atoms with Crippen LogP contribution in [0.2, 0.25) is 0 Å². The van der Waals surface area contributed by atoms with Gasteiger partial charge in [0.25, 0.3) is 0 Å². The van der Waals surface area contributed by atoms with E-state index in [0.29, 0.717) is 13.0 Å². The molecule has 16 heavy (non-hydrogen) atoms. The Hall–Kier alpha value is -0.380. The van der Waals surface area contributed by atoms with Gasteiger partial charge in [-0.2, -0.15) is 0 Å². The topological polar surface area (TPSA) is 46.2 Å². The van der Waals surface area contributed by atoms with Gasteiger partial charge in [-0.3, -0.25) is 0 Å². The fourth-order valence-electron chi connectivity index (χ4n) is 1.67. The summed E-state index contributed by atoms with van der Waals surface area (Å²) < 4.78 is 1.05. The van der Waals surface area contributed by atoms with Crippen LogP contribution in [0.1, 0.15) is 44.4 Å². The van der Waals surface area contributed by atoms with Crippen LogP contribution in [0.3, 0.4) is 0 Å². The summed E-state index contributed by atoms with van der Waals surface area (Å²) >= 11 is 3.56. The fraction of sp³-hybridized carbons (Fsp3) is 0.538. The molecule has 0 radical (unpaired) electrons. The van der Waals surface area contributed by atoms with Gasteiger partial charge in [0, 0.05) is 4.47 Å². The maximum atomic E-state index is 9.84. The van der Waals surface area contributed by atoms with E-state index in [1.165, 1.54) is 5.56 Å². The predicted molar refractivity (Wildman–Crippen MR) is 71.5 cm³/mol. The van der Waals surface area contributed by atoms with Gasteiger partial charge in [0.1, 0.15) is 0 Å². The normalized spacial score (nSPS) is 13.9. The molecule has 0 amide bonds. The molecule has 1 unspecified atom stereocenters. The van der Waals surface area contributed by atoms with Crippen molar-refractivity contribution < 1.29 is 5.11 Å². The highest BCUT2D eigenvalue weighted by atomic mass is 79.9. The monoisotopic (exact) mass is 285 g/mol. The first-order valence-electron chi connectivity index (χ1n) is 5.54. The van der Waals surface area contributed by atoms with E-state index in [2.05, 4.69) is 42.8 Å². The van der Waals surface area contributed by atoms with E-state index in [0.717, 1.165) is 10.0 Å². The Balaban J connectivity index is 3.00. The first-order chi connectivity index (χ1) is 7.36. The Bertz CT molecular complexity index is 357. The lowest BCUT2D eigenvalue weighted by Crippen LogP contribution is -2.13. The Morgan fingerprint density at radius 3 is 2.44 bits per heavy atom. The van der Waals surface area contributed by atoms with Gasteiger partial charge in [0.15, 0.2) is 0 Å². The highest BCUT2D eigenvalue weighted by molar-refractivity contribution is 9.10. The summed E-state index contributed by atoms with van der Waals surface area (Å²) in [6.07, 6.45) is 0.136. The largest absolute Gasteiger partial charge is 0.388 e. The zero-order valence-electron chi connectivity index (χ0n) is 10.1. The Morgan fingerprint density at radius 1 is 1.38 bits per heavy atom. The highest BCUT2D eigenvalue weighted by Crippen LogP contribution is 2.32. The van der Waals surface area contributed by atoms with Crippen molar-refractivity contribution in [2.75, 3.05) is 6.54 Å². The smallest absolute Gasteiger partial charge is 0.0802 e. The van der Waals surface area contributed by atoms with Gasteiger partial charge < -0.3 is 10.8 Å². The van der Waals surface area contributed by atoms with Crippen molar-refractivity contribution in [2.24, 2.45) is 5.73 Å². The van der Waals surface area contributed by atoms with E-state index in [1.807, 2.05) is 12.1 Å². The molecule has 1 rings (SSSR count). The molecule has 2 nitrogen and oxygen atoms in total. The third-order valence-electron chi connectivity index (χ3n) is 2.63. The first-order valence-corrected chi connectivity index (χ1v) is 6.33. The number of hydrogen-bond donors (Lipinski definition) is 2. The molecule has 1 atom stereocenters. The molecule has 0 spiro atoms. The molecule has 0 fully saturated rings. The molecule has 1 aromatic carbocycles. The van der Waals surface area contributed by atoms with Crippen LogP contribution in [0.15, 0.2) is 22.7 Å². The van der Waals surface area contributed by atoms with E-state index in [9.17, 15) is 5.11 Å². The molecule has 0 aliphatic carbocycles. The number of aliphatic hydroxyl groups is 1. The highest BCUT2D eigenvalue weighted by Gasteiger charge is 2.18. The van der Waals surface area contributed by atoms with Crippen molar-refractivity contribution in [3.8, 4) is 0 Å². The number of rotatable bonds is 3. The fourth-order valence-corrected chi connectivity index (χ4v) is 2.66. The summed E-state index contributed by atoms with van der Waals surface area (Å²) in [6, 6.07) is 6.03. The van der Waals surface area contributed by atoms with Gasteiger partial charge >= 0.3 is 0 Å². The standard InChI is InChI=1S/C13H20BrNO/c1-13(2,3)10-5-4-9(8-11(10)14)12(16)6-7-15/h4-5,8,12,16H,6-7,15H2,1-3H3. The minimum atomic E-state index is -0.463. The maximum absolute atomic E-state index is 9.84. The molecule has 0 saturated carbocycles. The SMILES string of the molecule is CC(C)(C)c1ccc(C(O)CCN)cc1Br. The molecule has 0 aliphatic rings. The molecule has 0 aliphatic heterocycles. The predicted octanol–water partition coefficient (Wildman–Crippen LogP) is 3.13. The van der Waals surface area contributed by atoms with Gasteiger partial charge in [-0.15, -0.1) is 0 Å². The molecule has 3 N–H and O–H groups in total. The maximum Gasteiger partial charge on any atom is 0.0802 e. The van der Waals surface area contributed by atoms with Gasteiger partial charge in [-0.25, -0.2) is 0 Å². The van der Waals surface area contributed by atoms with E-state index in [4.69, 9.17) is 5.73 Å². The van der Waals surface area contributed by atoms with Gasteiger partial charge in [0.2, 0.25) is 0 Å². The number of aliphatic hydroxyl groups excluding tert-OH is 1. The quantitative estimate of drug-likeness (QED) is 0.896. The van der Waals surface area contributed by atoms with Crippen LogP contribution >= 0.6 is 15.9 Å². The molecule has 3 heteroatoms. The minimum Gasteiger partial charge on any atom is -0.388 e. The van der Waals surface area contributed by atoms with Gasteiger partial charge in [-0.1, -0.05) is 48.8 Å². The van der Waals surface area contributed by atoms with Crippen LogP contribution in [0, 0.1) is 0 Å². The number of halogens is 1. The van der Waals surface area contributed by atoms with Crippen LogP contribution in [-0.4, -0.2) is 11.7 Å². The van der Waals surface area contributed by atoms with Crippen LogP contribution in [0.25, 0.3) is 0 Å². The molecule has 1 aromatic rings. The lowest BCUT2D eigenvalue weighted by atomic mass is 9.86. The Morgan fingerprint density at radius 2 is 2.00 bits per heavy atom. The molecule has 0 saturated heterocycles. The summed E-state index contributed by atoms with van der Waals surface area (Å²) in [4.78, 5) is 0. The molecular weight excluding hydrogens is 266 g/mol. The average Bonchev–Trinajstić information content (AvgIpc) is 2.16. The molecule has 90 valence electrons. The second-order valence-electron chi connectivity index (χ2n) is 5.08. The molecular formula is C13H20BrNO. The third-order valence-corrected chi connectivity index (χ3v) is 3.28. The second kappa shape index (κ2) is 5.30. The minimum absolute atomic E-state index is 0.107. The van der Waals surface area contributed by atoms with Gasteiger partial charge in [0.05, 0.1) is 6.10 Å². The zero-order chi connectivity index (χ0) is 12.3. The zero-order valence-corrected chi connectivity index (χ0v) is 11.7. The third kappa shape index (κ3) is 3.30. The molecule has 0 heterocycles. The van der Waals surface area contributed by atoms with Crippen LogP contribution < -0.4 is 5.73 Å². The number of benzene rings is 1. The Kier molecular flexibility index (Phi) is 4.53. The van der Waals surface area contributed by atoms with E-state index in [1.54, 1.807) is 0 Å². The van der Waals surface area contributed by atoms with Crippen molar-refractivity contribution >= 4 is 15.9 Å².